The predicted molar refractivity (Wildman–Crippen MR) is 91.6 cm³/mol. The Morgan fingerprint density at radius 3 is 2.44 bits per heavy atom. The van der Waals surface area contributed by atoms with Crippen molar-refractivity contribution in [2.45, 2.75) is 19.8 Å². The summed E-state index contributed by atoms with van der Waals surface area (Å²) >= 11 is 0. The summed E-state index contributed by atoms with van der Waals surface area (Å²) in [4.78, 5) is 52.4. The van der Waals surface area contributed by atoms with Gasteiger partial charge in [0.25, 0.3) is 5.56 Å². The topological polar surface area (TPSA) is 115 Å². The lowest BCUT2D eigenvalue weighted by atomic mass is 10.1. The van der Waals surface area contributed by atoms with Crippen molar-refractivity contribution in [1.82, 2.24) is 24.8 Å². The first-order valence-corrected chi connectivity index (χ1v) is 8.16. The van der Waals surface area contributed by atoms with E-state index in [-0.39, 0.29) is 12.3 Å². The van der Waals surface area contributed by atoms with Crippen LogP contribution in [0.25, 0.3) is 0 Å². The van der Waals surface area contributed by atoms with Crippen molar-refractivity contribution in [3.8, 4) is 0 Å². The van der Waals surface area contributed by atoms with Crippen LogP contribution in [-0.2, 0) is 11.2 Å². The summed E-state index contributed by atoms with van der Waals surface area (Å²) in [6.45, 7) is 4.20. The van der Waals surface area contributed by atoms with Crippen LogP contribution in [0.1, 0.15) is 17.7 Å². The highest BCUT2D eigenvalue weighted by Gasteiger charge is 2.22. The number of rotatable bonds is 4. The lowest BCUT2D eigenvalue weighted by molar-refractivity contribution is -0.131. The molecule has 0 bridgehead atoms. The monoisotopic (exact) mass is 344 g/mol. The quantitative estimate of drug-likeness (QED) is 0.768. The van der Waals surface area contributed by atoms with Crippen LogP contribution in [-0.4, -0.2) is 56.9 Å². The van der Waals surface area contributed by atoms with E-state index in [1.54, 1.807) is 30.3 Å². The van der Waals surface area contributed by atoms with E-state index in [2.05, 4.69) is 19.9 Å². The molecule has 0 atom stereocenters. The minimum absolute atomic E-state index is 0.00127. The van der Waals surface area contributed by atoms with E-state index in [0.717, 1.165) is 0 Å². The van der Waals surface area contributed by atoms with Gasteiger partial charge in [0, 0.05) is 56.3 Å². The van der Waals surface area contributed by atoms with E-state index in [9.17, 15) is 14.4 Å². The van der Waals surface area contributed by atoms with Crippen LogP contribution in [0, 0.1) is 6.92 Å². The second kappa shape index (κ2) is 7.29. The molecule has 3 heterocycles. The number of nitrogens with one attached hydrogen (secondary N) is 2. The summed E-state index contributed by atoms with van der Waals surface area (Å²) in [5.74, 6) is 0.670. The molecule has 0 aromatic carbocycles. The number of carbonyl (C=O) groups is 1. The van der Waals surface area contributed by atoms with Gasteiger partial charge in [-0.05, 0) is 19.4 Å². The van der Waals surface area contributed by atoms with Gasteiger partial charge in [-0.2, -0.15) is 0 Å². The smallest absolute Gasteiger partial charge is 0.325 e. The number of hydrogen-bond acceptors (Lipinski definition) is 6. The van der Waals surface area contributed by atoms with Crippen molar-refractivity contribution < 1.29 is 4.79 Å². The number of carbonyl (C=O) groups excluding carboxylic acids is 1. The van der Waals surface area contributed by atoms with Gasteiger partial charge in [0.1, 0.15) is 0 Å². The standard InChI is InChI=1S/C16H20N6O3/c1-11-12(14(24)20-16(25)19-11)3-4-13(23)21-7-9-22(10-8-21)15-17-5-2-6-18-15/h2,5-6H,3-4,7-10H2,1H3,(H2,19,20,24,25). The Labute approximate surface area is 143 Å². The van der Waals surface area contributed by atoms with Gasteiger partial charge in [-0.25, -0.2) is 14.8 Å². The highest BCUT2D eigenvalue weighted by molar-refractivity contribution is 5.76. The molecule has 2 aromatic heterocycles. The fourth-order valence-corrected chi connectivity index (χ4v) is 2.93. The minimum atomic E-state index is -0.531. The third-order valence-electron chi connectivity index (χ3n) is 4.31. The molecule has 0 saturated carbocycles. The maximum atomic E-state index is 12.4. The fraction of sp³-hybridized carbons (Fsp3) is 0.438. The Balaban J connectivity index is 1.55. The van der Waals surface area contributed by atoms with Crippen LogP contribution in [0.2, 0.25) is 0 Å². The van der Waals surface area contributed by atoms with Gasteiger partial charge >= 0.3 is 5.69 Å². The Kier molecular flexibility index (Phi) is 4.92. The number of H-pyrrole nitrogens is 2. The molecular weight excluding hydrogens is 324 g/mol. The normalized spacial score (nSPS) is 14.6. The molecule has 9 heteroatoms. The Morgan fingerprint density at radius 1 is 1.12 bits per heavy atom. The van der Waals surface area contributed by atoms with Crippen molar-refractivity contribution in [2.24, 2.45) is 0 Å². The second-order valence-electron chi connectivity index (χ2n) is 5.93. The Bertz CT molecular complexity index is 852. The fourth-order valence-electron chi connectivity index (χ4n) is 2.93. The Hall–Kier alpha value is -2.97. The third kappa shape index (κ3) is 3.93. The van der Waals surface area contributed by atoms with E-state index in [4.69, 9.17) is 0 Å². The van der Waals surface area contributed by atoms with Gasteiger partial charge < -0.3 is 14.8 Å². The largest absolute Gasteiger partial charge is 0.339 e. The summed E-state index contributed by atoms with van der Waals surface area (Å²) < 4.78 is 0. The highest BCUT2D eigenvalue weighted by atomic mass is 16.2. The summed E-state index contributed by atoms with van der Waals surface area (Å²) in [5, 5.41) is 0. The van der Waals surface area contributed by atoms with Crippen LogP contribution in [0.4, 0.5) is 5.95 Å². The van der Waals surface area contributed by atoms with E-state index < -0.39 is 11.2 Å². The van der Waals surface area contributed by atoms with Gasteiger partial charge in [-0.3, -0.25) is 14.6 Å². The van der Waals surface area contributed by atoms with Gasteiger partial charge in [-0.1, -0.05) is 0 Å². The zero-order valence-corrected chi connectivity index (χ0v) is 14.0. The first kappa shape index (κ1) is 16.9. The van der Waals surface area contributed by atoms with E-state index in [1.807, 2.05) is 4.90 Å². The molecule has 2 N–H and O–H groups in total. The van der Waals surface area contributed by atoms with Gasteiger partial charge in [0.2, 0.25) is 11.9 Å². The average molecular weight is 344 g/mol. The molecule has 1 saturated heterocycles. The van der Waals surface area contributed by atoms with E-state index in [1.165, 1.54) is 0 Å². The van der Waals surface area contributed by atoms with Crippen LogP contribution in [0.5, 0.6) is 0 Å². The second-order valence-corrected chi connectivity index (χ2v) is 5.93. The molecule has 132 valence electrons. The Morgan fingerprint density at radius 2 is 1.80 bits per heavy atom. The number of aryl methyl sites for hydroxylation is 1. The first-order chi connectivity index (χ1) is 12.0. The number of piperazine rings is 1. The van der Waals surface area contributed by atoms with Crippen LogP contribution < -0.4 is 16.1 Å². The van der Waals surface area contributed by atoms with Gasteiger partial charge in [-0.15, -0.1) is 0 Å². The minimum Gasteiger partial charge on any atom is -0.339 e. The molecule has 2 aromatic rings. The molecule has 1 aliphatic heterocycles. The number of aromatic amines is 2. The van der Waals surface area contributed by atoms with Gasteiger partial charge in [0.15, 0.2) is 0 Å². The summed E-state index contributed by atoms with van der Waals surface area (Å²) in [6.07, 6.45) is 3.93. The average Bonchev–Trinajstić information content (AvgIpc) is 2.61. The predicted octanol–water partition coefficient (Wildman–Crippen LogP) is -0.557. The van der Waals surface area contributed by atoms with Crippen molar-refractivity contribution in [3.63, 3.8) is 0 Å². The molecule has 1 fully saturated rings. The molecule has 3 rings (SSSR count). The number of amides is 1. The molecular formula is C16H20N6O3. The molecule has 1 aliphatic rings. The number of anilines is 1. The number of nitrogens with zero attached hydrogens (tertiary/aromatic N) is 4. The van der Waals surface area contributed by atoms with E-state index >= 15 is 0 Å². The van der Waals surface area contributed by atoms with Crippen molar-refractivity contribution >= 4 is 11.9 Å². The zero-order valence-electron chi connectivity index (χ0n) is 14.0. The van der Waals surface area contributed by atoms with Crippen LogP contribution in [0.15, 0.2) is 28.0 Å². The van der Waals surface area contributed by atoms with Gasteiger partial charge in [0.05, 0.1) is 0 Å². The number of hydrogen-bond donors (Lipinski definition) is 2. The van der Waals surface area contributed by atoms with Crippen LogP contribution in [0.3, 0.4) is 0 Å². The zero-order chi connectivity index (χ0) is 17.8. The highest BCUT2D eigenvalue weighted by Crippen LogP contribution is 2.11. The van der Waals surface area contributed by atoms with Crippen molar-refractivity contribution in [1.29, 1.82) is 0 Å². The maximum absolute atomic E-state index is 12.4. The summed E-state index contributed by atoms with van der Waals surface area (Å²) in [6, 6.07) is 1.77. The van der Waals surface area contributed by atoms with E-state index in [0.29, 0.717) is 49.8 Å². The third-order valence-corrected chi connectivity index (χ3v) is 4.31. The molecule has 0 spiro atoms. The lowest BCUT2D eigenvalue weighted by Gasteiger charge is -2.34. The van der Waals surface area contributed by atoms with Crippen molar-refractivity contribution in [2.75, 3.05) is 31.1 Å². The molecule has 9 nitrogen and oxygen atoms in total. The molecule has 1 amide bonds. The maximum Gasteiger partial charge on any atom is 0.325 e. The lowest BCUT2D eigenvalue weighted by Crippen LogP contribution is -2.49. The first-order valence-electron chi connectivity index (χ1n) is 8.16. The summed E-state index contributed by atoms with van der Waals surface area (Å²) in [7, 11) is 0. The summed E-state index contributed by atoms with van der Waals surface area (Å²) in [5.41, 5.74) is -0.00575. The molecule has 0 radical (unpaired) electrons. The molecule has 0 unspecified atom stereocenters. The SMILES string of the molecule is Cc1[nH]c(=O)[nH]c(=O)c1CCC(=O)N1CCN(c2ncccn2)CC1. The van der Waals surface area contributed by atoms with Crippen molar-refractivity contribution in [3.05, 3.63) is 50.6 Å². The molecule has 0 aliphatic carbocycles. The van der Waals surface area contributed by atoms with Crippen LogP contribution >= 0.6 is 0 Å². The number of aromatic nitrogens is 4. The molecule has 25 heavy (non-hydrogen) atoms.